The Morgan fingerprint density at radius 2 is 2.50 bits per heavy atom. The minimum absolute atomic E-state index is 0.125. The molecule has 1 fully saturated rings. The van der Waals surface area contributed by atoms with Crippen molar-refractivity contribution in [2.75, 3.05) is 0 Å². The number of hydrogen-bond acceptors (Lipinski definition) is 2. The lowest BCUT2D eigenvalue weighted by Crippen LogP contribution is -2.44. The van der Waals surface area contributed by atoms with Gasteiger partial charge in [0.25, 0.3) is 0 Å². The van der Waals surface area contributed by atoms with Crippen LogP contribution in [-0.4, -0.2) is 11.2 Å². The number of nitriles is 1. The van der Waals surface area contributed by atoms with Crippen molar-refractivity contribution in [2.45, 2.75) is 25.1 Å². The molecule has 0 radical (unpaired) electrons. The summed E-state index contributed by atoms with van der Waals surface area (Å²) in [7, 11) is 0. The van der Waals surface area contributed by atoms with Crippen LogP contribution in [0.1, 0.15) is 19.8 Å². The van der Waals surface area contributed by atoms with Crippen LogP contribution in [0.4, 0.5) is 0 Å². The molecule has 1 aliphatic carbocycles. The molecule has 0 N–H and O–H groups in total. The van der Waals surface area contributed by atoms with Gasteiger partial charge in [0.05, 0.1) is 5.41 Å². The van der Waals surface area contributed by atoms with Crippen LogP contribution in [0.2, 0.25) is 0 Å². The van der Waals surface area contributed by atoms with E-state index >= 15 is 0 Å². The number of alkyl halides is 1. The van der Waals surface area contributed by atoms with Gasteiger partial charge in [0.15, 0.2) is 0 Å². The lowest BCUT2D eigenvalue weighted by molar-refractivity contribution is -0.125. The van der Waals surface area contributed by atoms with Crippen molar-refractivity contribution in [1.29, 1.82) is 5.26 Å². The number of Topliss-reactive ketones (excluding diaryl/α,β-unsaturated/α-hetero) is 1. The van der Waals surface area contributed by atoms with Gasteiger partial charge in [-0.1, -0.05) is 6.92 Å². The van der Waals surface area contributed by atoms with E-state index in [2.05, 4.69) is 0 Å². The Labute approximate surface area is 64.8 Å². The van der Waals surface area contributed by atoms with Crippen LogP contribution in [0.3, 0.4) is 0 Å². The largest absolute Gasteiger partial charge is 0.282 e. The van der Waals surface area contributed by atoms with Gasteiger partial charge in [-0.2, -0.15) is 5.26 Å². The number of ketones is 1. The molecular formula is C7H8ClNO. The van der Waals surface area contributed by atoms with Crippen molar-refractivity contribution in [3.8, 4) is 6.07 Å². The number of rotatable bonds is 1. The van der Waals surface area contributed by atoms with Crippen molar-refractivity contribution >= 4 is 17.4 Å². The van der Waals surface area contributed by atoms with E-state index < -0.39 is 5.41 Å². The highest BCUT2D eigenvalue weighted by molar-refractivity contribution is 6.24. The molecule has 2 nitrogen and oxygen atoms in total. The summed E-state index contributed by atoms with van der Waals surface area (Å²) in [4.78, 5) is 10.9. The van der Waals surface area contributed by atoms with Gasteiger partial charge in [-0.05, 0) is 12.8 Å². The summed E-state index contributed by atoms with van der Waals surface area (Å²) < 4.78 is 0. The predicted molar refractivity (Wildman–Crippen MR) is 37.6 cm³/mol. The molecule has 0 heterocycles. The van der Waals surface area contributed by atoms with Crippen LogP contribution >= 0.6 is 11.6 Å². The first-order valence-corrected chi connectivity index (χ1v) is 3.63. The van der Waals surface area contributed by atoms with Gasteiger partial charge in [0.2, 0.25) is 5.78 Å². The van der Waals surface area contributed by atoms with Gasteiger partial charge in [-0.25, -0.2) is 0 Å². The number of carbonyl (C=O) groups is 1. The van der Waals surface area contributed by atoms with E-state index in [9.17, 15) is 4.79 Å². The van der Waals surface area contributed by atoms with E-state index in [4.69, 9.17) is 16.9 Å². The molecule has 1 saturated carbocycles. The summed E-state index contributed by atoms with van der Waals surface area (Å²) in [6.45, 7) is 1.75. The summed E-state index contributed by atoms with van der Waals surface area (Å²) >= 11 is 5.76. The van der Waals surface area contributed by atoms with E-state index in [0.717, 1.165) is 12.8 Å². The van der Waals surface area contributed by atoms with Crippen molar-refractivity contribution in [3.63, 3.8) is 0 Å². The van der Waals surface area contributed by atoms with Crippen molar-refractivity contribution in [1.82, 2.24) is 0 Å². The topological polar surface area (TPSA) is 40.9 Å². The SMILES string of the molecule is CC1(C(=O)C#N)CCC1Cl. The lowest BCUT2D eigenvalue weighted by Gasteiger charge is -2.39. The molecule has 2 atom stereocenters. The van der Waals surface area contributed by atoms with Crippen LogP contribution < -0.4 is 0 Å². The maximum atomic E-state index is 10.9. The van der Waals surface area contributed by atoms with Gasteiger partial charge >= 0.3 is 0 Å². The first kappa shape index (κ1) is 7.56. The summed E-state index contributed by atoms with van der Waals surface area (Å²) in [6, 6.07) is 1.61. The Morgan fingerprint density at radius 1 is 1.90 bits per heavy atom. The van der Waals surface area contributed by atoms with E-state index in [1.54, 1.807) is 13.0 Å². The maximum absolute atomic E-state index is 10.9. The van der Waals surface area contributed by atoms with Crippen LogP contribution in [0.5, 0.6) is 0 Å². The average molecular weight is 158 g/mol. The molecule has 0 aliphatic heterocycles. The average Bonchev–Trinajstić information content (AvgIpc) is 1.98. The zero-order valence-corrected chi connectivity index (χ0v) is 6.48. The number of hydrogen-bond donors (Lipinski definition) is 0. The van der Waals surface area contributed by atoms with E-state index in [0.29, 0.717) is 0 Å². The summed E-state index contributed by atoms with van der Waals surface area (Å²) in [5.41, 5.74) is -0.545. The van der Waals surface area contributed by atoms with Gasteiger partial charge in [-0.3, -0.25) is 4.79 Å². The second kappa shape index (κ2) is 2.25. The molecule has 0 aromatic heterocycles. The molecule has 10 heavy (non-hydrogen) atoms. The Morgan fingerprint density at radius 3 is 2.60 bits per heavy atom. The molecular weight excluding hydrogens is 150 g/mol. The Balaban J connectivity index is 2.72. The Hall–Kier alpha value is -0.550. The fourth-order valence-electron chi connectivity index (χ4n) is 1.07. The second-order valence-corrected chi connectivity index (χ2v) is 3.39. The standard InChI is InChI=1S/C7H8ClNO/c1-7(6(10)4-9)3-2-5(7)8/h5H,2-3H2,1H3. The molecule has 1 rings (SSSR count). The molecule has 0 saturated heterocycles. The summed E-state index contributed by atoms with van der Waals surface area (Å²) in [6.07, 6.45) is 1.61. The summed E-state index contributed by atoms with van der Waals surface area (Å²) in [5, 5.41) is 8.17. The summed E-state index contributed by atoms with van der Waals surface area (Å²) in [5.74, 6) is -0.376. The molecule has 0 bridgehead atoms. The minimum Gasteiger partial charge on any atom is -0.282 e. The maximum Gasteiger partial charge on any atom is 0.239 e. The fraction of sp³-hybridized carbons (Fsp3) is 0.714. The zero-order valence-electron chi connectivity index (χ0n) is 5.72. The molecule has 1 aliphatic rings. The van der Waals surface area contributed by atoms with Crippen molar-refractivity contribution in [2.24, 2.45) is 5.41 Å². The molecule has 0 aromatic carbocycles. The highest BCUT2D eigenvalue weighted by Gasteiger charge is 2.47. The Kier molecular flexibility index (Phi) is 1.70. The van der Waals surface area contributed by atoms with E-state index in [1.165, 1.54) is 0 Å². The molecule has 0 spiro atoms. The number of halogens is 1. The fourth-order valence-corrected chi connectivity index (χ4v) is 1.39. The predicted octanol–water partition coefficient (Wildman–Crippen LogP) is 1.49. The third-order valence-electron chi connectivity index (χ3n) is 2.23. The first-order chi connectivity index (χ1) is 4.61. The van der Waals surface area contributed by atoms with Crippen LogP contribution in [0.25, 0.3) is 0 Å². The van der Waals surface area contributed by atoms with Gasteiger partial charge in [0, 0.05) is 5.38 Å². The monoisotopic (exact) mass is 157 g/mol. The van der Waals surface area contributed by atoms with Crippen LogP contribution in [0, 0.1) is 16.7 Å². The highest BCUT2D eigenvalue weighted by atomic mass is 35.5. The number of nitrogens with zero attached hydrogens (tertiary/aromatic N) is 1. The number of carbonyl (C=O) groups excluding carboxylic acids is 1. The Bertz CT molecular complexity index is 208. The lowest BCUT2D eigenvalue weighted by atomic mass is 9.67. The van der Waals surface area contributed by atoms with Gasteiger partial charge in [-0.15, -0.1) is 11.6 Å². The zero-order chi connectivity index (χ0) is 7.78. The van der Waals surface area contributed by atoms with E-state index in [1.807, 2.05) is 0 Å². The molecule has 54 valence electrons. The van der Waals surface area contributed by atoms with Crippen LogP contribution in [-0.2, 0) is 4.79 Å². The molecule has 0 aromatic rings. The highest BCUT2D eigenvalue weighted by Crippen LogP contribution is 2.44. The van der Waals surface area contributed by atoms with Crippen molar-refractivity contribution < 1.29 is 4.79 Å². The minimum atomic E-state index is -0.545. The first-order valence-electron chi connectivity index (χ1n) is 3.20. The third-order valence-corrected chi connectivity index (χ3v) is 2.93. The molecule has 0 amide bonds. The normalized spacial score (nSPS) is 37.9. The second-order valence-electron chi connectivity index (χ2n) is 2.86. The van der Waals surface area contributed by atoms with Gasteiger partial charge < -0.3 is 0 Å². The molecule has 2 unspecified atom stereocenters. The molecule has 3 heteroatoms. The smallest absolute Gasteiger partial charge is 0.239 e. The van der Waals surface area contributed by atoms with Crippen molar-refractivity contribution in [3.05, 3.63) is 0 Å². The third kappa shape index (κ3) is 0.819. The van der Waals surface area contributed by atoms with Crippen LogP contribution in [0.15, 0.2) is 0 Å². The quantitative estimate of drug-likeness (QED) is 0.428. The van der Waals surface area contributed by atoms with E-state index in [-0.39, 0.29) is 11.2 Å². The van der Waals surface area contributed by atoms with Gasteiger partial charge in [0.1, 0.15) is 6.07 Å².